The second-order valence-electron chi connectivity index (χ2n) is 4.86. The van der Waals surface area contributed by atoms with Gasteiger partial charge in [-0.3, -0.25) is 4.98 Å². The third kappa shape index (κ3) is 3.54. The lowest BCUT2D eigenvalue weighted by atomic mass is 10.2. The Morgan fingerprint density at radius 3 is 2.71 bits per heavy atom. The second-order valence-corrected chi connectivity index (χ2v) is 5.81. The van der Waals surface area contributed by atoms with Gasteiger partial charge in [0.1, 0.15) is 5.01 Å². The molecule has 0 bridgehead atoms. The van der Waals surface area contributed by atoms with Gasteiger partial charge in [-0.05, 0) is 18.6 Å². The van der Waals surface area contributed by atoms with E-state index in [1.165, 1.54) is 11.1 Å². The minimum absolute atomic E-state index is 0.771. The number of aromatic nitrogens is 2. The van der Waals surface area contributed by atoms with Crippen molar-refractivity contribution in [3.63, 3.8) is 0 Å². The zero-order valence-electron chi connectivity index (χ0n) is 11.9. The summed E-state index contributed by atoms with van der Waals surface area (Å²) in [6.45, 7) is 3.63. The van der Waals surface area contributed by atoms with Gasteiger partial charge in [0.25, 0.3) is 0 Å². The molecule has 2 aromatic heterocycles. The first-order valence-corrected chi connectivity index (χ1v) is 7.82. The van der Waals surface area contributed by atoms with Gasteiger partial charge in [0, 0.05) is 30.2 Å². The Bertz CT molecular complexity index is 707. The van der Waals surface area contributed by atoms with Gasteiger partial charge in [0.2, 0.25) is 0 Å². The highest BCUT2D eigenvalue weighted by molar-refractivity contribution is 7.09. The van der Waals surface area contributed by atoms with E-state index in [4.69, 9.17) is 0 Å². The standard InChI is InChI=1S/C17H17N3S/c1-13-6-5-9-19-15(13)10-18-11-17-20-16(12-21-17)14-7-3-2-4-8-14/h2-9,12,18H,10-11H2,1H3. The van der Waals surface area contributed by atoms with Crippen molar-refractivity contribution in [2.24, 2.45) is 0 Å². The molecule has 0 unspecified atom stereocenters. The second kappa shape index (κ2) is 6.61. The molecule has 0 fully saturated rings. The molecule has 1 N–H and O–H groups in total. The summed E-state index contributed by atoms with van der Waals surface area (Å²) in [4.78, 5) is 9.05. The molecule has 0 saturated carbocycles. The van der Waals surface area contributed by atoms with Crippen molar-refractivity contribution < 1.29 is 0 Å². The lowest BCUT2D eigenvalue weighted by Crippen LogP contribution is -2.14. The molecular weight excluding hydrogens is 278 g/mol. The number of benzene rings is 1. The van der Waals surface area contributed by atoms with Gasteiger partial charge in [-0.15, -0.1) is 11.3 Å². The number of pyridine rings is 1. The topological polar surface area (TPSA) is 37.8 Å². The molecule has 3 nitrogen and oxygen atoms in total. The van der Waals surface area contributed by atoms with Crippen molar-refractivity contribution in [1.29, 1.82) is 0 Å². The fourth-order valence-corrected chi connectivity index (χ4v) is 2.90. The number of hydrogen-bond donors (Lipinski definition) is 1. The van der Waals surface area contributed by atoms with E-state index >= 15 is 0 Å². The van der Waals surface area contributed by atoms with Crippen molar-refractivity contribution in [2.75, 3.05) is 0 Å². The molecule has 0 aliphatic carbocycles. The predicted octanol–water partition coefficient (Wildman–Crippen LogP) is 3.80. The first-order valence-electron chi connectivity index (χ1n) is 6.94. The molecule has 0 saturated heterocycles. The molecule has 0 atom stereocenters. The number of nitrogens with zero attached hydrogens (tertiary/aromatic N) is 2. The SMILES string of the molecule is Cc1cccnc1CNCc1nc(-c2ccccc2)cs1. The number of hydrogen-bond acceptors (Lipinski definition) is 4. The average Bonchev–Trinajstić information content (AvgIpc) is 2.99. The summed E-state index contributed by atoms with van der Waals surface area (Å²) >= 11 is 1.69. The zero-order valence-corrected chi connectivity index (χ0v) is 12.7. The Labute approximate surface area is 128 Å². The summed E-state index contributed by atoms with van der Waals surface area (Å²) < 4.78 is 0. The maximum atomic E-state index is 4.67. The third-order valence-electron chi connectivity index (χ3n) is 3.31. The van der Waals surface area contributed by atoms with Crippen LogP contribution >= 0.6 is 11.3 Å². The van der Waals surface area contributed by atoms with Crippen molar-refractivity contribution in [1.82, 2.24) is 15.3 Å². The van der Waals surface area contributed by atoms with Crippen molar-refractivity contribution in [3.05, 3.63) is 70.3 Å². The van der Waals surface area contributed by atoms with E-state index in [9.17, 15) is 0 Å². The largest absolute Gasteiger partial charge is 0.305 e. The first kappa shape index (κ1) is 13.9. The molecule has 106 valence electrons. The summed E-state index contributed by atoms with van der Waals surface area (Å²) in [5, 5.41) is 6.62. The minimum atomic E-state index is 0.771. The van der Waals surface area contributed by atoms with Gasteiger partial charge in [-0.25, -0.2) is 4.98 Å². The van der Waals surface area contributed by atoms with E-state index < -0.39 is 0 Å². The summed E-state index contributed by atoms with van der Waals surface area (Å²) in [5.41, 5.74) is 4.53. The van der Waals surface area contributed by atoms with E-state index in [1.807, 2.05) is 30.5 Å². The lowest BCUT2D eigenvalue weighted by molar-refractivity contribution is 0.673. The maximum Gasteiger partial charge on any atom is 0.107 e. The molecule has 4 heteroatoms. The number of rotatable bonds is 5. The fourth-order valence-electron chi connectivity index (χ4n) is 2.12. The summed E-state index contributed by atoms with van der Waals surface area (Å²) in [5.74, 6) is 0. The van der Waals surface area contributed by atoms with Gasteiger partial charge in [0.05, 0.1) is 11.4 Å². The predicted molar refractivity (Wildman–Crippen MR) is 87.1 cm³/mol. The van der Waals surface area contributed by atoms with E-state index in [0.29, 0.717) is 0 Å². The van der Waals surface area contributed by atoms with Crippen LogP contribution in [0.15, 0.2) is 54.0 Å². The summed E-state index contributed by atoms with van der Waals surface area (Å²) in [6.07, 6.45) is 1.83. The molecule has 21 heavy (non-hydrogen) atoms. The molecule has 0 aliphatic heterocycles. The molecule has 1 aromatic carbocycles. The number of thiazole rings is 1. The fraction of sp³-hybridized carbons (Fsp3) is 0.176. The van der Waals surface area contributed by atoms with Crippen LogP contribution in [0, 0.1) is 6.92 Å². The Morgan fingerprint density at radius 2 is 1.90 bits per heavy atom. The highest BCUT2D eigenvalue weighted by Crippen LogP contribution is 2.21. The van der Waals surface area contributed by atoms with Crippen molar-refractivity contribution in [3.8, 4) is 11.3 Å². The molecule has 0 amide bonds. The average molecular weight is 295 g/mol. The van der Waals surface area contributed by atoms with Gasteiger partial charge in [-0.2, -0.15) is 0 Å². The van der Waals surface area contributed by atoms with Gasteiger partial charge in [0.15, 0.2) is 0 Å². The van der Waals surface area contributed by atoms with Crippen LogP contribution < -0.4 is 5.32 Å². The number of aryl methyl sites for hydroxylation is 1. The van der Waals surface area contributed by atoms with Crippen LogP contribution in [0.1, 0.15) is 16.3 Å². The Morgan fingerprint density at radius 1 is 1.05 bits per heavy atom. The summed E-state index contributed by atoms with van der Waals surface area (Å²) in [6, 6.07) is 14.3. The Balaban J connectivity index is 1.60. The van der Waals surface area contributed by atoms with Gasteiger partial charge >= 0.3 is 0 Å². The van der Waals surface area contributed by atoms with E-state index in [1.54, 1.807) is 11.3 Å². The van der Waals surface area contributed by atoms with Crippen LogP contribution in [0.25, 0.3) is 11.3 Å². The molecule has 0 radical (unpaired) electrons. The zero-order chi connectivity index (χ0) is 14.5. The summed E-state index contributed by atoms with van der Waals surface area (Å²) in [7, 11) is 0. The quantitative estimate of drug-likeness (QED) is 0.778. The van der Waals surface area contributed by atoms with Crippen LogP contribution in [0.4, 0.5) is 0 Å². The molecule has 0 spiro atoms. The molecule has 2 heterocycles. The molecule has 3 rings (SSSR count). The Kier molecular flexibility index (Phi) is 4.38. The highest BCUT2D eigenvalue weighted by atomic mass is 32.1. The maximum absolute atomic E-state index is 4.67. The van der Waals surface area contributed by atoms with Crippen LogP contribution in [0.2, 0.25) is 0 Å². The van der Waals surface area contributed by atoms with Crippen LogP contribution in [-0.4, -0.2) is 9.97 Å². The highest BCUT2D eigenvalue weighted by Gasteiger charge is 2.04. The normalized spacial score (nSPS) is 10.7. The van der Waals surface area contributed by atoms with Crippen molar-refractivity contribution in [2.45, 2.75) is 20.0 Å². The van der Waals surface area contributed by atoms with Gasteiger partial charge in [-0.1, -0.05) is 36.4 Å². The van der Waals surface area contributed by atoms with E-state index in [-0.39, 0.29) is 0 Å². The monoisotopic (exact) mass is 295 g/mol. The minimum Gasteiger partial charge on any atom is -0.305 e. The molecular formula is C17H17N3S. The van der Waals surface area contributed by atoms with Crippen molar-refractivity contribution >= 4 is 11.3 Å². The molecule has 3 aromatic rings. The smallest absolute Gasteiger partial charge is 0.107 e. The van der Waals surface area contributed by atoms with E-state index in [0.717, 1.165) is 29.5 Å². The van der Waals surface area contributed by atoms with Crippen LogP contribution in [0.3, 0.4) is 0 Å². The third-order valence-corrected chi connectivity index (χ3v) is 4.16. The van der Waals surface area contributed by atoms with E-state index in [2.05, 4.69) is 45.8 Å². The first-order chi connectivity index (χ1) is 10.3. The van der Waals surface area contributed by atoms with Crippen LogP contribution in [-0.2, 0) is 13.1 Å². The number of nitrogens with one attached hydrogen (secondary N) is 1. The molecule has 0 aliphatic rings. The van der Waals surface area contributed by atoms with Crippen LogP contribution in [0.5, 0.6) is 0 Å². The lowest BCUT2D eigenvalue weighted by Gasteiger charge is -2.04. The Hall–Kier alpha value is -2.04. The van der Waals surface area contributed by atoms with Gasteiger partial charge < -0.3 is 5.32 Å².